The molecule has 0 rings (SSSR count). The molecule has 0 amide bonds. The van der Waals surface area contributed by atoms with E-state index in [9.17, 15) is 13.2 Å². The van der Waals surface area contributed by atoms with Gasteiger partial charge in [-0.15, -0.1) is 0 Å². The van der Waals surface area contributed by atoms with Crippen molar-refractivity contribution in [2.45, 2.75) is 39.2 Å². The summed E-state index contributed by atoms with van der Waals surface area (Å²) in [6, 6.07) is 0. The summed E-state index contributed by atoms with van der Waals surface area (Å²) < 4.78 is 32.4. The van der Waals surface area contributed by atoms with Gasteiger partial charge in [0.15, 0.2) is 0 Å². The summed E-state index contributed by atoms with van der Waals surface area (Å²) in [5, 5.41) is 0. The molecular weight excluding hydrogens is 244 g/mol. The number of hydrogen-bond donors (Lipinski definition) is 0. The molecule has 0 heterocycles. The molecule has 0 aliphatic rings. The smallest absolute Gasteiger partial charge is 0.330 e. The summed E-state index contributed by atoms with van der Waals surface area (Å²) in [4.78, 5) is 10.8. The van der Waals surface area contributed by atoms with Gasteiger partial charge in [0.1, 0.15) is 6.10 Å². The van der Waals surface area contributed by atoms with Crippen molar-refractivity contribution in [3.8, 4) is 0 Å². The standard InChI is InChI=1S/C11H20O5S/c1-4-6-8-15-17(13,14)9-7-10(3)16-11(12)5-2/h5,10H,2,4,6-9H2,1,3H3. The first-order chi connectivity index (χ1) is 7.91. The maximum Gasteiger partial charge on any atom is 0.330 e. The van der Waals surface area contributed by atoms with Gasteiger partial charge in [0.25, 0.3) is 10.1 Å². The lowest BCUT2D eigenvalue weighted by Crippen LogP contribution is -2.19. The number of unbranched alkanes of at least 4 members (excludes halogenated alkanes) is 1. The summed E-state index contributed by atoms with van der Waals surface area (Å²) in [6.07, 6.45) is 2.38. The number of ether oxygens (including phenoxy) is 1. The van der Waals surface area contributed by atoms with Gasteiger partial charge in [-0.2, -0.15) is 8.42 Å². The highest BCUT2D eigenvalue weighted by Crippen LogP contribution is 2.04. The SMILES string of the molecule is C=CC(=O)OC(C)CCS(=O)(=O)OCCCC. The molecule has 0 spiro atoms. The van der Waals surface area contributed by atoms with Crippen molar-refractivity contribution in [1.82, 2.24) is 0 Å². The van der Waals surface area contributed by atoms with E-state index in [-0.39, 0.29) is 18.8 Å². The highest BCUT2D eigenvalue weighted by atomic mass is 32.2. The van der Waals surface area contributed by atoms with Crippen LogP contribution < -0.4 is 0 Å². The summed E-state index contributed by atoms with van der Waals surface area (Å²) in [5.74, 6) is -0.704. The van der Waals surface area contributed by atoms with Crippen LogP contribution in [-0.2, 0) is 23.8 Å². The molecule has 0 radical (unpaired) electrons. The fourth-order valence-corrected chi connectivity index (χ4v) is 2.12. The topological polar surface area (TPSA) is 69.7 Å². The number of esters is 1. The van der Waals surface area contributed by atoms with Crippen molar-refractivity contribution in [2.24, 2.45) is 0 Å². The zero-order valence-corrected chi connectivity index (χ0v) is 11.2. The Morgan fingerprint density at radius 1 is 1.47 bits per heavy atom. The maximum absolute atomic E-state index is 11.4. The average molecular weight is 264 g/mol. The van der Waals surface area contributed by atoms with Crippen LogP contribution in [0.15, 0.2) is 12.7 Å². The van der Waals surface area contributed by atoms with Gasteiger partial charge in [-0.3, -0.25) is 4.18 Å². The van der Waals surface area contributed by atoms with Gasteiger partial charge in [-0.1, -0.05) is 19.9 Å². The predicted molar refractivity (Wildman–Crippen MR) is 65.0 cm³/mol. The second-order valence-corrected chi connectivity index (χ2v) is 5.44. The van der Waals surface area contributed by atoms with E-state index in [1.54, 1.807) is 6.92 Å². The van der Waals surface area contributed by atoms with Crippen LogP contribution in [0.1, 0.15) is 33.1 Å². The fraction of sp³-hybridized carbons (Fsp3) is 0.727. The molecule has 0 N–H and O–H groups in total. The van der Waals surface area contributed by atoms with Crippen molar-refractivity contribution < 1.29 is 22.1 Å². The van der Waals surface area contributed by atoms with E-state index < -0.39 is 22.2 Å². The lowest BCUT2D eigenvalue weighted by atomic mass is 10.3. The van der Waals surface area contributed by atoms with E-state index in [4.69, 9.17) is 8.92 Å². The maximum atomic E-state index is 11.4. The molecule has 0 aromatic carbocycles. The van der Waals surface area contributed by atoms with Crippen LogP contribution >= 0.6 is 0 Å². The third-order valence-corrected chi connectivity index (χ3v) is 3.28. The molecule has 17 heavy (non-hydrogen) atoms. The largest absolute Gasteiger partial charge is 0.459 e. The van der Waals surface area contributed by atoms with E-state index >= 15 is 0 Å². The fourth-order valence-electron chi connectivity index (χ4n) is 1.00. The average Bonchev–Trinajstić information content (AvgIpc) is 2.26. The van der Waals surface area contributed by atoms with Crippen molar-refractivity contribution in [3.63, 3.8) is 0 Å². The molecule has 0 fully saturated rings. The van der Waals surface area contributed by atoms with Crippen LogP contribution in [-0.4, -0.2) is 32.9 Å². The van der Waals surface area contributed by atoms with Crippen molar-refractivity contribution in [1.29, 1.82) is 0 Å². The quantitative estimate of drug-likeness (QED) is 0.274. The monoisotopic (exact) mass is 264 g/mol. The van der Waals surface area contributed by atoms with Gasteiger partial charge < -0.3 is 4.74 Å². The van der Waals surface area contributed by atoms with E-state index in [1.165, 1.54) is 0 Å². The third kappa shape index (κ3) is 8.88. The third-order valence-electron chi connectivity index (χ3n) is 2.02. The Morgan fingerprint density at radius 3 is 2.65 bits per heavy atom. The zero-order valence-electron chi connectivity index (χ0n) is 10.3. The zero-order chi connectivity index (χ0) is 13.3. The molecule has 100 valence electrons. The van der Waals surface area contributed by atoms with Crippen LogP contribution in [0.3, 0.4) is 0 Å². The molecule has 0 aromatic rings. The minimum atomic E-state index is -3.51. The summed E-state index contributed by atoms with van der Waals surface area (Å²) in [5.41, 5.74) is 0. The second-order valence-electron chi connectivity index (χ2n) is 3.68. The number of rotatable bonds is 9. The molecule has 5 nitrogen and oxygen atoms in total. The van der Waals surface area contributed by atoms with Gasteiger partial charge in [0, 0.05) is 12.5 Å². The summed E-state index contributed by atoms with van der Waals surface area (Å²) in [7, 11) is -3.51. The highest BCUT2D eigenvalue weighted by molar-refractivity contribution is 7.86. The van der Waals surface area contributed by atoms with E-state index in [0.717, 1.165) is 12.5 Å². The Bertz CT molecular complexity index is 334. The Labute approximate surface area is 103 Å². The van der Waals surface area contributed by atoms with Crippen molar-refractivity contribution in [2.75, 3.05) is 12.4 Å². The first-order valence-corrected chi connectivity index (χ1v) is 7.19. The molecule has 0 saturated carbocycles. The molecule has 0 aromatic heterocycles. The van der Waals surface area contributed by atoms with Gasteiger partial charge in [0.2, 0.25) is 0 Å². The van der Waals surface area contributed by atoms with Gasteiger partial charge >= 0.3 is 5.97 Å². The van der Waals surface area contributed by atoms with E-state index in [1.807, 2.05) is 6.92 Å². The minimum Gasteiger partial charge on any atom is -0.459 e. The van der Waals surface area contributed by atoms with E-state index in [2.05, 4.69) is 6.58 Å². The normalized spacial score (nSPS) is 13.1. The number of carbonyl (C=O) groups excluding carboxylic acids is 1. The van der Waals surface area contributed by atoms with Crippen molar-refractivity contribution in [3.05, 3.63) is 12.7 Å². The van der Waals surface area contributed by atoms with Gasteiger partial charge in [0.05, 0.1) is 12.4 Å². The number of carbonyl (C=O) groups is 1. The first-order valence-electron chi connectivity index (χ1n) is 5.61. The Kier molecular flexibility index (Phi) is 7.82. The lowest BCUT2D eigenvalue weighted by Gasteiger charge is -2.11. The molecule has 0 bridgehead atoms. The van der Waals surface area contributed by atoms with E-state index in [0.29, 0.717) is 6.42 Å². The number of hydrogen-bond acceptors (Lipinski definition) is 5. The van der Waals surface area contributed by atoms with Crippen LogP contribution in [0.4, 0.5) is 0 Å². The second kappa shape index (κ2) is 8.25. The Balaban J connectivity index is 3.92. The summed E-state index contributed by atoms with van der Waals surface area (Å²) in [6.45, 7) is 7.04. The molecule has 1 unspecified atom stereocenters. The van der Waals surface area contributed by atoms with Crippen LogP contribution in [0.2, 0.25) is 0 Å². The van der Waals surface area contributed by atoms with Crippen LogP contribution in [0, 0.1) is 0 Å². The molecule has 0 saturated heterocycles. The van der Waals surface area contributed by atoms with Crippen LogP contribution in [0.25, 0.3) is 0 Å². The molecular formula is C11H20O5S. The summed E-state index contributed by atoms with van der Waals surface area (Å²) >= 11 is 0. The minimum absolute atomic E-state index is 0.150. The Morgan fingerprint density at radius 2 is 2.12 bits per heavy atom. The molecule has 1 atom stereocenters. The van der Waals surface area contributed by atoms with Crippen molar-refractivity contribution >= 4 is 16.1 Å². The molecule has 6 heteroatoms. The highest BCUT2D eigenvalue weighted by Gasteiger charge is 2.15. The Hall–Kier alpha value is -0.880. The molecule has 0 aliphatic carbocycles. The van der Waals surface area contributed by atoms with Gasteiger partial charge in [-0.25, -0.2) is 4.79 Å². The lowest BCUT2D eigenvalue weighted by molar-refractivity contribution is -0.142. The predicted octanol–water partition coefficient (Wildman–Crippen LogP) is 1.64. The first kappa shape index (κ1) is 16.1. The van der Waals surface area contributed by atoms with Gasteiger partial charge in [-0.05, 0) is 13.3 Å². The molecule has 0 aliphatic heterocycles. The van der Waals surface area contributed by atoms with Crippen LogP contribution in [0.5, 0.6) is 0 Å².